The maximum absolute atomic E-state index is 5.67. The van der Waals surface area contributed by atoms with Crippen molar-refractivity contribution in [2.45, 2.75) is 160 Å². The lowest BCUT2D eigenvalue weighted by atomic mass is 9.97. The second-order valence-electron chi connectivity index (χ2n) is 12.3. The molecule has 0 unspecified atom stereocenters. The lowest BCUT2D eigenvalue weighted by Crippen LogP contribution is -1.95. The molecular weight excluding hydrogens is 624 g/mol. The number of unbranched alkanes of at least 4 members (excludes halogenated alkanes) is 3. The fourth-order valence-corrected chi connectivity index (χ4v) is 4.18. The molecule has 0 bridgehead atoms. The maximum Gasteiger partial charge on any atom is 0.0406 e. The lowest BCUT2D eigenvalue weighted by molar-refractivity contribution is 0.438. The maximum atomic E-state index is 5.67. The van der Waals surface area contributed by atoms with Crippen LogP contribution in [0.15, 0.2) is 115 Å². The van der Waals surface area contributed by atoms with Crippen LogP contribution in [0.2, 0.25) is 5.02 Å². The fraction of sp³-hybridized carbons (Fsp3) is 0.510. The summed E-state index contributed by atoms with van der Waals surface area (Å²) < 4.78 is 0. The zero-order valence-electron chi connectivity index (χ0n) is 34.6. The summed E-state index contributed by atoms with van der Waals surface area (Å²) in [5.41, 5.74) is 5.56. The molecule has 0 aliphatic heterocycles. The molecular formula is C49H79Cl. The molecule has 0 aliphatic rings. The van der Waals surface area contributed by atoms with Gasteiger partial charge >= 0.3 is 0 Å². The van der Waals surface area contributed by atoms with Gasteiger partial charge in [0, 0.05) is 5.02 Å². The van der Waals surface area contributed by atoms with Crippen LogP contribution in [0, 0.1) is 5.92 Å². The van der Waals surface area contributed by atoms with E-state index < -0.39 is 0 Å². The van der Waals surface area contributed by atoms with E-state index in [1.165, 1.54) is 80.0 Å². The highest BCUT2D eigenvalue weighted by Gasteiger charge is 2.00. The summed E-state index contributed by atoms with van der Waals surface area (Å²) in [7, 11) is 0. The van der Waals surface area contributed by atoms with Crippen molar-refractivity contribution in [3.63, 3.8) is 0 Å². The van der Waals surface area contributed by atoms with Gasteiger partial charge in [0.05, 0.1) is 0 Å². The van der Waals surface area contributed by atoms with E-state index in [1.54, 1.807) is 0 Å². The average molecular weight is 704 g/mol. The van der Waals surface area contributed by atoms with Crippen molar-refractivity contribution in [3.8, 4) is 0 Å². The molecule has 0 heterocycles. The molecule has 0 amide bonds. The second kappa shape index (κ2) is 42.3. The lowest BCUT2D eigenvalue weighted by Gasteiger charge is -2.09. The van der Waals surface area contributed by atoms with Gasteiger partial charge in [-0.2, -0.15) is 0 Å². The Morgan fingerprint density at radius 3 is 0.840 bits per heavy atom. The SMILES string of the molecule is CCCC.CCCC.CCCCC(CC)CC.CCc1ccc(Cl)cc1.CCc1ccccc1.CCc1ccccc1.CCc1ccccc1. The molecule has 0 atom stereocenters. The van der Waals surface area contributed by atoms with Gasteiger partial charge in [-0.05, 0) is 66.0 Å². The Labute approximate surface area is 318 Å². The average Bonchev–Trinajstić information content (AvgIpc) is 3.20. The molecule has 0 saturated heterocycles. The highest BCUT2D eigenvalue weighted by atomic mass is 35.5. The Morgan fingerprint density at radius 2 is 0.640 bits per heavy atom. The van der Waals surface area contributed by atoms with Gasteiger partial charge in [0.2, 0.25) is 0 Å². The largest absolute Gasteiger partial charge is 0.0843 e. The third-order valence-corrected chi connectivity index (χ3v) is 8.45. The highest BCUT2D eigenvalue weighted by Crippen LogP contribution is 2.15. The summed E-state index contributed by atoms with van der Waals surface area (Å²) in [4.78, 5) is 0. The number of halogens is 1. The van der Waals surface area contributed by atoms with Crippen LogP contribution in [-0.2, 0) is 25.7 Å². The number of rotatable bonds is 11. The zero-order valence-corrected chi connectivity index (χ0v) is 35.4. The number of hydrogen-bond acceptors (Lipinski definition) is 0. The molecule has 4 rings (SSSR count). The Balaban J connectivity index is -0.000000525. The van der Waals surface area contributed by atoms with E-state index in [9.17, 15) is 0 Å². The highest BCUT2D eigenvalue weighted by molar-refractivity contribution is 6.30. The van der Waals surface area contributed by atoms with Gasteiger partial charge < -0.3 is 0 Å². The first-order valence-electron chi connectivity index (χ1n) is 20.2. The van der Waals surface area contributed by atoms with Crippen LogP contribution >= 0.6 is 11.6 Å². The van der Waals surface area contributed by atoms with Crippen LogP contribution in [0.1, 0.15) is 156 Å². The van der Waals surface area contributed by atoms with Crippen molar-refractivity contribution in [1.29, 1.82) is 0 Å². The first-order chi connectivity index (χ1) is 24.3. The minimum Gasteiger partial charge on any atom is -0.0843 e. The van der Waals surface area contributed by atoms with Gasteiger partial charge in [0.1, 0.15) is 0 Å². The molecule has 0 fully saturated rings. The third-order valence-electron chi connectivity index (χ3n) is 8.20. The van der Waals surface area contributed by atoms with Gasteiger partial charge in [-0.3, -0.25) is 0 Å². The van der Waals surface area contributed by atoms with Crippen molar-refractivity contribution in [2.75, 3.05) is 0 Å². The summed E-state index contributed by atoms with van der Waals surface area (Å²) in [6.45, 7) is 24.2. The minimum atomic E-state index is 0.812. The van der Waals surface area contributed by atoms with E-state index in [0.29, 0.717) is 0 Å². The van der Waals surface area contributed by atoms with Crippen LogP contribution in [0.25, 0.3) is 0 Å². The minimum absolute atomic E-state index is 0.812. The van der Waals surface area contributed by atoms with Crippen molar-refractivity contribution >= 4 is 11.6 Å². The normalized spacial score (nSPS) is 9.22. The molecule has 0 spiro atoms. The molecule has 0 aromatic heterocycles. The van der Waals surface area contributed by atoms with E-state index >= 15 is 0 Å². The van der Waals surface area contributed by atoms with E-state index in [0.717, 1.165) is 36.6 Å². The van der Waals surface area contributed by atoms with Crippen molar-refractivity contribution in [2.24, 2.45) is 5.92 Å². The Morgan fingerprint density at radius 1 is 0.360 bits per heavy atom. The van der Waals surface area contributed by atoms with Gasteiger partial charge in [0.15, 0.2) is 0 Å². The van der Waals surface area contributed by atoms with E-state index in [-0.39, 0.29) is 0 Å². The van der Waals surface area contributed by atoms with E-state index in [2.05, 4.69) is 149 Å². The van der Waals surface area contributed by atoms with Gasteiger partial charge in [0.25, 0.3) is 0 Å². The zero-order chi connectivity index (χ0) is 38.1. The van der Waals surface area contributed by atoms with Crippen LogP contribution < -0.4 is 0 Å². The van der Waals surface area contributed by atoms with Gasteiger partial charge in [-0.25, -0.2) is 0 Å². The smallest absolute Gasteiger partial charge is 0.0406 e. The van der Waals surface area contributed by atoms with Crippen molar-refractivity contribution < 1.29 is 0 Å². The molecule has 50 heavy (non-hydrogen) atoms. The monoisotopic (exact) mass is 703 g/mol. The Kier molecular flexibility index (Phi) is 43.6. The molecule has 282 valence electrons. The molecule has 0 N–H and O–H groups in total. The second-order valence-corrected chi connectivity index (χ2v) is 12.8. The summed E-state index contributed by atoms with van der Waals surface area (Å²) in [5, 5.41) is 0.812. The predicted molar refractivity (Wildman–Crippen MR) is 233 cm³/mol. The molecule has 4 aromatic carbocycles. The van der Waals surface area contributed by atoms with Crippen molar-refractivity contribution in [3.05, 3.63) is 143 Å². The van der Waals surface area contributed by atoms with Gasteiger partial charge in [-0.1, -0.05) is 249 Å². The summed E-state index contributed by atoms with van der Waals surface area (Å²) in [6.07, 6.45) is 16.7. The number of benzene rings is 4. The first kappa shape index (κ1) is 51.5. The molecule has 4 aromatic rings. The predicted octanol–water partition coefficient (Wildman–Crippen LogP) is 16.9. The summed E-state index contributed by atoms with van der Waals surface area (Å²) in [5.74, 6) is 1.00. The van der Waals surface area contributed by atoms with Crippen LogP contribution in [0.3, 0.4) is 0 Å². The summed E-state index contributed by atoms with van der Waals surface area (Å²) >= 11 is 5.67. The fourth-order valence-electron chi connectivity index (χ4n) is 4.05. The molecule has 0 aliphatic carbocycles. The molecule has 0 radical (unpaired) electrons. The molecule has 0 saturated carbocycles. The molecule has 0 nitrogen and oxygen atoms in total. The third kappa shape index (κ3) is 36.5. The van der Waals surface area contributed by atoms with Crippen LogP contribution in [0.4, 0.5) is 0 Å². The van der Waals surface area contributed by atoms with Crippen LogP contribution in [-0.4, -0.2) is 0 Å². The molecule has 1 heteroatoms. The topological polar surface area (TPSA) is 0 Å². The quantitative estimate of drug-likeness (QED) is 0.146. The Bertz CT molecular complexity index is 1010. The summed E-state index contributed by atoms with van der Waals surface area (Å²) in [6, 6.07) is 39.3. The number of aryl methyl sites for hydroxylation is 4. The standard InChI is InChI=1S/C9H20.C8H9Cl.3C8H10.2C4H10/c1-4-7-8-9(5-2)6-3;1-2-7-3-5-8(9)6-4-7;3*1-2-8-6-4-3-5-7-8;2*1-3-4-2/h9H,4-8H2,1-3H3;3-6H,2H2,1H3;3*3-7H,2H2,1H3;2*3-4H2,1-2H3. The first-order valence-corrected chi connectivity index (χ1v) is 20.5. The van der Waals surface area contributed by atoms with Crippen molar-refractivity contribution in [1.82, 2.24) is 0 Å². The van der Waals surface area contributed by atoms with E-state index in [4.69, 9.17) is 11.6 Å². The van der Waals surface area contributed by atoms with Crippen LogP contribution in [0.5, 0.6) is 0 Å². The van der Waals surface area contributed by atoms with E-state index in [1.807, 2.05) is 42.5 Å². The Hall–Kier alpha value is -2.83. The van der Waals surface area contributed by atoms with Gasteiger partial charge in [-0.15, -0.1) is 0 Å². The number of hydrogen-bond donors (Lipinski definition) is 0.